The lowest BCUT2D eigenvalue weighted by atomic mass is 9.98. The van der Waals surface area contributed by atoms with Gasteiger partial charge in [-0.1, -0.05) is 18.9 Å². The van der Waals surface area contributed by atoms with Crippen LogP contribution >= 0.6 is 12.2 Å². The van der Waals surface area contributed by atoms with Gasteiger partial charge in [-0.15, -0.1) is 0 Å². The van der Waals surface area contributed by atoms with E-state index < -0.39 is 0 Å². The van der Waals surface area contributed by atoms with Crippen molar-refractivity contribution in [2.24, 2.45) is 0 Å². The van der Waals surface area contributed by atoms with Crippen molar-refractivity contribution >= 4 is 34.6 Å². The molecule has 2 fully saturated rings. The Kier molecular flexibility index (Phi) is 7.20. The van der Waals surface area contributed by atoms with Gasteiger partial charge in [0, 0.05) is 37.4 Å². The van der Waals surface area contributed by atoms with Crippen molar-refractivity contribution in [1.82, 2.24) is 14.9 Å². The molecule has 2 aromatic heterocycles. The van der Waals surface area contributed by atoms with Crippen LogP contribution in [-0.2, 0) is 9.53 Å². The smallest absolute Gasteiger partial charge is 0.250 e. The van der Waals surface area contributed by atoms with Crippen molar-refractivity contribution < 1.29 is 14.3 Å². The number of rotatable bonds is 8. The van der Waals surface area contributed by atoms with Crippen LogP contribution in [0.3, 0.4) is 0 Å². The molecule has 3 aromatic rings. The minimum Gasteiger partial charge on any atom is -0.495 e. The molecule has 2 N–H and O–H groups in total. The molecule has 9 heteroatoms. The molecular weight excluding hydrogens is 474 g/mol. The number of methoxy groups -OCH3 is 2. The number of nitrogens with zero attached hydrogens (tertiary/aromatic N) is 3. The summed E-state index contributed by atoms with van der Waals surface area (Å²) in [6.07, 6.45) is 11.2. The maximum Gasteiger partial charge on any atom is 0.250 e. The molecule has 2 aliphatic rings. The molecule has 3 heterocycles. The number of aromatic nitrogens is 2. The Morgan fingerprint density at radius 3 is 2.75 bits per heavy atom. The van der Waals surface area contributed by atoms with E-state index in [2.05, 4.69) is 43.5 Å². The second-order valence-electron chi connectivity index (χ2n) is 9.19. The van der Waals surface area contributed by atoms with E-state index >= 15 is 0 Å². The quantitative estimate of drug-likeness (QED) is 0.427. The minimum atomic E-state index is -0.258. The van der Waals surface area contributed by atoms with Gasteiger partial charge in [0.2, 0.25) is 5.91 Å². The number of thiocarbonyl (C=S) groups is 1. The molecule has 0 radical (unpaired) electrons. The fourth-order valence-electron chi connectivity index (χ4n) is 5.27. The van der Waals surface area contributed by atoms with Gasteiger partial charge < -0.3 is 29.6 Å². The molecule has 1 aromatic carbocycles. The van der Waals surface area contributed by atoms with Crippen molar-refractivity contribution in [3.05, 3.63) is 72.3 Å². The van der Waals surface area contributed by atoms with E-state index in [4.69, 9.17) is 21.7 Å². The summed E-state index contributed by atoms with van der Waals surface area (Å²) in [6, 6.07) is 14.1. The number of ether oxygens (including phenoxy) is 2. The SMILES string of the molecule is COCC(=O)Nc1cc(N2C(=S)NC(c3ccccn3)C2c2ccn(C3CCCC3)c2)ccc1OC. The molecule has 2 atom stereocenters. The van der Waals surface area contributed by atoms with Gasteiger partial charge in [0.15, 0.2) is 5.11 Å². The average Bonchev–Trinajstić information content (AvgIpc) is 3.64. The summed E-state index contributed by atoms with van der Waals surface area (Å²) < 4.78 is 12.8. The fraction of sp³-hybridized carbons (Fsp3) is 0.370. The van der Waals surface area contributed by atoms with E-state index in [1.54, 1.807) is 13.3 Å². The third-order valence-corrected chi connectivity index (χ3v) is 7.25. The monoisotopic (exact) mass is 505 g/mol. The Bertz CT molecular complexity index is 1230. The van der Waals surface area contributed by atoms with Crippen LogP contribution in [0.2, 0.25) is 0 Å². The molecule has 36 heavy (non-hydrogen) atoms. The molecule has 188 valence electrons. The zero-order chi connectivity index (χ0) is 25.1. The Labute approximate surface area is 216 Å². The Morgan fingerprint density at radius 2 is 2.03 bits per heavy atom. The van der Waals surface area contributed by atoms with Crippen molar-refractivity contribution in [2.75, 3.05) is 31.0 Å². The van der Waals surface area contributed by atoms with E-state index in [-0.39, 0.29) is 24.6 Å². The lowest BCUT2D eigenvalue weighted by Gasteiger charge is -2.28. The number of anilines is 2. The van der Waals surface area contributed by atoms with Gasteiger partial charge in [-0.05, 0) is 67.0 Å². The Morgan fingerprint density at radius 1 is 1.19 bits per heavy atom. The summed E-state index contributed by atoms with van der Waals surface area (Å²) in [5.41, 5.74) is 3.48. The number of nitrogens with one attached hydrogen (secondary N) is 2. The summed E-state index contributed by atoms with van der Waals surface area (Å²) in [7, 11) is 3.07. The molecule has 1 amide bonds. The van der Waals surface area contributed by atoms with E-state index in [1.165, 1.54) is 32.8 Å². The summed E-state index contributed by atoms with van der Waals surface area (Å²) in [4.78, 5) is 19.0. The molecule has 1 aliphatic heterocycles. The predicted molar refractivity (Wildman–Crippen MR) is 143 cm³/mol. The highest BCUT2D eigenvalue weighted by atomic mass is 32.1. The van der Waals surface area contributed by atoms with Crippen LogP contribution in [0, 0.1) is 0 Å². The molecule has 1 aliphatic carbocycles. The number of carbonyl (C=O) groups is 1. The van der Waals surface area contributed by atoms with E-state index in [0.29, 0.717) is 22.6 Å². The largest absolute Gasteiger partial charge is 0.495 e. The highest BCUT2D eigenvalue weighted by molar-refractivity contribution is 7.80. The molecule has 1 saturated heterocycles. The zero-order valence-electron chi connectivity index (χ0n) is 20.5. The highest BCUT2D eigenvalue weighted by Crippen LogP contribution is 2.44. The number of carbonyl (C=O) groups excluding carboxylic acids is 1. The fourth-order valence-corrected chi connectivity index (χ4v) is 5.61. The summed E-state index contributed by atoms with van der Waals surface area (Å²) >= 11 is 5.87. The first-order chi connectivity index (χ1) is 17.6. The second-order valence-corrected chi connectivity index (χ2v) is 9.58. The van der Waals surface area contributed by atoms with E-state index in [1.807, 2.05) is 36.4 Å². The maximum absolute atomic E-state index is 12.3. The third kappa shape index (κ3) is 4.81. The van der Waals surface area contributed by atoms with Crippen LogP contribution in [0.5, 0.6) is 5.75 Å². The topological polar surface area (TPSA) is 80.7 Å². The number of hydrogen-bond donors (Lipinski definition) is 2. The van der Waals surface area contributed by atoms with Crippen LogP contribution in [-0.4, -0.2) is 41.4 Å². The van der Waals surface area contributed by atoms with E-state index in [0.717, 1.165) is 16.9 Å². The van der Waals surface area contributed by atoms with Gasteiger partial charge in [0.05, 0.1) is 30.6 Å². The molecule has 8 nitrogen and oxygen atoms in total. The van der Waals surface area contributed by atoms with Crippen molar-refractivity contribution in [1.29, 1.82) is 0 Å². The van der Waals surface area contributed by atoms with Crippen LogP contribution in [0.25, 0.3) is 0 Å². The molecule has 1 saturated carbocycles. The van der Waals surface area contributed by atoms with Gasteiger partial charge in [-0.3, -0.25) is 9.78 Å². The van der Waals surface area contributed by atoms with Crippen molar-refractivity contribution in [3.8, 4) is 5.75 Å². The molecule has 5 rings (SSSR count). The minimum absolute atomic E-state index is 0.0455. The lowest BCUT2D eigenvalue weighted by molar-refractivity contribution is -0.119. The summed E-state index contributed by atoms with van der Waals surface area (Å²) in [5.74, 6) is 0.304. The molecular formula is C27H31N5O3S. The summed E-state index contributed by atoms with van der Waals surface area (Å²) in [5, 5.41) is 6.99. The first kappa shape index (κ1) is 24.3. The van der Waals surface area contributed by atoms with Crippen molar-refractivity contribution in [3.63, 3.8) is 0 Å². The highest BCUT2D eigenvalue weighted by Gasteiger charge is 2.41. The lowest BCUT2D eigenvalue weighted by Crippen LogP contribution is -2.29. The van der Waals surface area contributed by atoms with Gasteiger partial charge in [0.1, 0.15) is 12.4 Å². The average molecular weight is 506 g/mol. The Balaban J connectivity index is 1.55. The number of benzene rings is 1. The van der Waals surface area contributed by atoms with Crippen LogP contribution in [0.1, 0.15) is 55.1 Å². The Hall–Kier alpha value is -3.43. The van der Waals surface area contributed by atoms with Gasteiger partial charge in [-0.2, -0.15) is 0 Å². The number of amides is 1. The molecule has 0 spiro atoms. The van der Waals surface area contributed by atoms with Gasteiger partial charge in [0.25, 0.3) is 0 Å². The van der Waals surface area contributed by atoms with Gasteiger partial charge >= 0.3 is 0 Å². The van der Waals surface area contributed by atoms with Gasteiger partial charge in [-0.25, -0.2) is 0 Å². The first-order valence-electron chi connectivity index (χ1n) is 12.2. The molecule has 0 bridgehead atoms. The standard InChI is InChI=1S/C27H31N5O3S/c1-34-17-24(33)29-22-15-20(10-11-23(22)35-2)32-26(18-12-14-31(16-18)19-7-3-4-8-19)25(30-27(32)36)21-9-5-6-13-28-21/h5-6,9-16,19,25-26H,3-4,7-8,17H2,1-2H3,(H,29,33)(H,30,36). The predicted octanol–water partition coefficient (Wildman–Crippen LogP) is 4.77. The van der Waals surface area contributed by atoms with Crippen LogP contribution in [0.4, 0.5) is 11.4 Å². The number of hydrogen-bond acceptors (Lipinski definition) is 5. The van der Waals surface area contributed by atoms with Crippen molar-refractivity contribution in [2.45, 2.75) is 43.8 Å². The summed E-state index contributed by atoms with van der Waals surface area (Å²) in [6.45, 7) is -0.0455. The molecule has 2 unspecified atom stereocenters. The van der Waals surface area contributed by atoms with Crippen LogP contribution < -0.4 is 20.3 Å². The zero-order valence-corrected chi connectivity index (χ0v) is 21.3. The third-order valence-electron chi connectivity index (χ3n) is 6.93. The number of pyridine rings is 1. The normalized spacial score (nSPS) is 19.9. The second kappa shape index (κ2) is 10.7. The maximum atomic E-state index is 12.3. The van der Waals surface area contributed by atoms with E-state index in [9.17, 15) is 4.79 Å². The first-order valence-corrected chi connectivity index (χ1v) is 12.6. The van der Waals surface area contributed by atoms with Crippen LogP contribution in [0.15, 0.2) is 61.1 Å².